The van der Waals surface area contributed by atoms with Crippen LogP contribution in [-0.4, -0.2) is 28.8 Å². The number of rotatable bonds is 7. The molecule has 0 rings (SSSR count). The highest BCUT2D eigenvalue weighted by molar-refractivity contribution is 5.79. The molecule has 0 aliphatic rings. The van der Waals surface area contributed by atoms with Crippen LogP contribution in [0.5, 0.6) is 0 Å². The first-order valence-electron chi connectivity index (χ1n) is 6.91. The molecule has 0 fully saturated rings. The van der Waals surface area contributed by atoms with Crippen molar-refractivity contribution in [2.45, 2.75) is 71.9 Å². The predicted octanol–water partition coefficient (Wildman–Crippen LogP) is 3.18. The summed E-state index contributed by atoms with van der Waals surface area (Å²) < 4.78 is 5.06. The minimum absolute atomic E-state index is 0.431. The van der Waals surface area contributed by atoms with Crippen molar-refractivity contribution >= 4 is 12.1 Å². The van der Waals surface area contributed by atoms with Gasteiger partial charge in [0.2, 0.25) is 0 Å². The Labute approximate surface area is 115 Å². The molecule has 0 saturated heterocycles. The van der Waals surface area contributed by atoms with E-state index in [0.717, 1.165) is 19.3 Å². The van der Waals surface area contributed by atoms with Gasteiger partial charge < -0.3 is 15.2 Å². The maximum absolute atomic E-state index is 11.6. The van der Waals surface area contributed by atoms with E-state index >= 15 is 0 Å². The maximum Gasteiger partial charge on any atom is 0.408 e. The Kier molecular flexibility index (Phi) is 7.49. The topological polar surface area (TPSA) is 75.6 Å². The molecule has 0 aromatic heterocycles. The van der Waals surface area contributed by atoms with Gasteiger partial charge in [-0.25, -0.2) is 9.59 Å². The zero-order chi connectivity index (χ0) is 15.1. The van der Waals surface area contributed by atoms with Gasteiger partial charge >= 0.3 is 12.1 Å². The SMILES string of the molecule is CCC(CC)CC[C@@H](NC(=O)OC(C)(C)C)C(=O)O. The molecule has 0 aliphatic carbocycles. The molecule has 0 heterocycles. The summed E-state index contributed by atoms with van der Waals surface area (Å²) >= 11 is 0. The standard InChI is InChI=1S/C14H27NO4/c1-6-10(7-2)8-9-11(12(16)17)15-13(18)19-14(3,4)5/h10-11H,6-9H2,1-5H3,(H,15,18)(H,16,17)/t11-/m1/s1. The van der Waals surface area contributed by atoms with Gasteiger partial charge in [-0.05, 0) is 39.5 Å². The molecule has 19 heavy (non-hydrogen) atoms. The Morgan fingerprint density at radius 2 is 1.68 bits per heavy atom. The molecule has 0 unspecified atom stereocenters. The van der Waals surface area contributed by atoms with Crippen LogP contribution >= 0.6 is 0 Å². The normalized spacial score (nSPS) is 13.2. The molecule has 0 aromatic rings. The Balaban J connectivity index is 4.34. The van der Waals surface area contributed by atoms with Gasteiger partial charge in [-0.15, -0.1) is 0 Å². The average molecular weight is 273 g/mol. The van der Waals surface area contributed by atoms with E-state index in [1.54, 1.807) is 20.8 Å². The number of amides is 1. The summed E-state index contributed by atoms with van der Waals surface area (Å²) in [5.41, 5.74) is -0.623. The number of alkyl carbamates (subject to hydrolysis) is 1. The van der Waals surface area contributed by atoms with Gasteiger partial charge in [-0.1, -0.05) is 26.7 Å². The molecule has 5 nitrogen and oxygen atoms in total. The third-order valence-electron chi connectivity index (χ3n) is 3.01. The molecule has 1 atom stereocenters. The highest BCUT2D eigenvalue weighted by Gasteiger charge is 2.24. The lowest BCUT2D eigenvalue weighted by atomic mass is 9.95. The van der Waals surface area contributed by atoms with Gasteiger partial charge in [0.15, 0.2) is 0 Å². The second-order valence-corrected chi connectivity index (χ2v) is 5.80. The van der Waals surface area contributed by atoms with Crippen LogP contribution in [-0.2, 0) is 9.53 Å². The van der Waals surface area contributed by atoms with Crippen LogP contribution < -0.4 is 5.32 Å². The highest BCUT2D eigenvalue weighted by atomic mass is 16.6. The minimum Gasteiger partial charge on any atom is -0.480 e. The number of carbonyl (C=O) groups excluding carboxylic acids is 1. The molecule has 0 aromatic carbocycles. The summed E-state index contributed by atoms with van der Waals surface area (Å²) in [7, 11) is 0. The molecule has 2 N–H and O–H groups in total. The molecular formula is C14H27NO4. The molecular weight excluding hydrogens is 246 g/mol. The summed E-state index contributed by atoms with van der Waals surface area (Å²) in [5.74, 6) is -0.515. The molecule has 1 amide bonds. The van der Waals surface area contributed by atoms with Crippen molar-refractivity contribution < 1.29 is 19.4 Å². The first-order valence-corrected chi connectivity index (χ1v) is 6.91. The minimum atomic E-state index is -1.02. The van der Waals surface area contributed by atoms with Crippen LogP contribution in [0, 0.1) is 5.92 Å². The lowest BCUT2D eigenvalue weighted by Crippen LogP contribution is -2.43. The third kappa shape index (κ3) is 8.46. The zero-order valence-corrected chi connectivity index (χ0v) is 12.7. The van der Waals surface area contributed by atoms with Crippen LogP contribution in [0.1, 0.15) is 60.3 Å². The van der Waals surface area contributed by atoms with Crippen molar-refractivity contribution in [3.63, 3.8) is 0 Å². The van der Waals surface area contributed by atoms with Gasteiger partial charge in [0.1, 0.15) is 11.6 Å². The number of carboxylic acid groups (broad SMARTS) is 1. The molecule has 0 aliphatic heterocycles. The van der Waals surface area contributed by atoms with Gasteiger partial charge in [0.05, 0.1) is 0 Å². The lowest BCUT2D eigenvalue weighted by Gasteiger charge is -2.22. The lowest BCUT2D eigenvalue weighted by molar-refractivity contribution is -0.139. The zero-order valence-electron chi connectivity index (χ0n) is 12.7. The molecule has 0 bridgehead atoms. The van der Waals surface area contributed by atoms with E-state index in [1.807, 2.05) is 0 Å². The Hall–Kier alpha value is -1.26. The molecule has 0 spiro atoms. The van der Waals surface area contributed by atoms with Crippen LogP contribution in [0.4, 0.5) is 4.79 Å². The van der Waals surface area contributed by atoms with Gasteiger partial charge in [-0.2, -0.15) is 0 Å². The van der Waals surface area contributed by atoms with Crippen LogP contribution in [0.25, 0.3) is 0 Å². The Morgan fingerprint density at radius 3 is 2.05 bits per heavy atom. The van der Waals surface area contributed by atoms with E-state index in [2.05, 4.69) is 19.2 Å². The number of carboxylic acids is 1. The Morgan fingerprint density at radius 1 is 1.16 bits per heavy atom. The van der Waals surface area contributed by atoms with Crippen LogP contribution in [0.2, 0.25) is 0 Å². The average Bonchev–Trinajstić information content (AvgIpc) is 2.25. The smallest absolute Gasteiger partial charge is 0.408 e. The highest BCUT2D eigenvalue weighted by Crippen LogP contribution is 2.16. The summed E-state index contributed by atoms with van der Waals surface area (Å²) in [6.07, 6.45) is 2.59. The Bertz CT molecular complexity index is 292. The molecule has 112 valence electrons. The van der Waals surface area contributed by atoms with E-state index in [9.17, 15) is 9.59 Å². The van der Waals surface area contributed by atoms with Crippen molar-refractivity contribution in [2.75, 3.05) is 0 Å². The van der Waals surface area contributed by atoms with Crippen molar-refractivity contribution in [2.24, 2.45) is 5.92 Å². The van der Waals surface area contributed by atoms with E-state index < -0.39 is 23.7 Å². The fourth-order valence-electron chi connectivity index (χ4n) is 1.81. The fourth-order valence-corrected chi connectivity index (χ4v) is 1.81. The number of ether oxygens (including phenoxy) is 1. The fraction of sp³-hybridized carbons (Fsp3) is 0.857. The summed E-state index contributed by atoms with van der Waals surface area (Å²) in [5, 5.41) is 11.5. The molecule has 0 saturated carbocycles. The summed E-state index contributed by atoms with van der Waals surface area (Å²) in [6, 6.07) is -0.879. The predicted molar refractivity (Wildman–Crippen MR) is 74.1 cm³/mol. The molecule has 5 heteroatoms. The first-order chi connectivity index (χ1) is 8.69. The maximum atomic E-state index is 11.6. The van der Waals surface area contributed by atoms with Crippen molar-refractivity contribution in [3.05, 3.63) is 0 Å². The van der Waals surface area contributed by atoms with Crippen LogP contribution in [0.3, 0.4) is 0 Å². The van der Waals surface area contributed by atoms with Crippen molar-refractivity contribution in [1.82, 2.24) is 5.32 Å². The second kappa shape index (κ2) is 8.02. The number of nitrogens with one attached hydrogen (secondary N) is 1. The van der Waals surface area contributed by atoms with E-state index in [4.69, 9.17) is 9.84 Å². The van der Waals surface area contributed by atoms with Crippen molar-refractivity contribution in [3.8, 4) is 0 Å². The number of hydrogen-bond donors (Lipinski definition) is 2. The number of carbonyl (C=O) groups is 2. The van der Waals surface area contributed by atoms with Gasteiger partial charge in [0, 0.05) is 0 Å². The van der Waals surface area contributed by atoms with E-state index in [1.165, 1.54) is 0 Å². The van der Waals surface area contributed by atoms with Gasteiger partial charge in [-0.3, -0.25) is 0 Å². The summed E-state index contributed by atoms with van der Waals surface area (Å²) in [4.78, 5) is 22.7. The van der Waals surface area contributed by atoms with E-state index in [-0.39, 0.29) is 0 Å². The van der Waals surface area contributed by atoms with Crippen LogP contribution in [0.15, 0.2) is 0 Å². The quantitative estimate of drug-likeness (QED) is 0.747. The second-order valence-electron chi connectivity index (χ2n) is 5.80. The largest absolute Gasteiger partial charge is 0.480 e. The van der Waals surface area contributed by atoms with Crippen molar-refractivity contribution in [1.29, 1.82) is 0 Å². The van der Waals surface area contributed by atoms with E-state index in [0.29, 0.717) is 12.3 Å². The third-order valence-corrected chi connectivity index (χ3v) is 3.01. The molecule has 0 radical (unpaired) electrons. The first kappa shape index (κ1) is 17.7. The summed E-state index contributed by atoms with van der Waals surface area (Å²) in [6.45, 7) is 9.40. The number of aliphatic carboxylic acids is 1. The monoisotopic (exact) mass is 273 g/mol. The number of hydrogen-bond acceptors (Lipinski definition) is 3. The van der Waals surface area contributed by atoms with Gasteiger partial charge in [0.25, 0.3) is 0 Å².